The van der Waals surface area contributed by atoms with Crippen LogP contribution in [-0.4, -0.2) is 18.4 Å². The number of thiazole rings is 1. The SMILES string of the molecule is Cc1csc(NS(=O)(=O)c2ccc(C(N)=S)cc2)n1. The van der Waals surface area contributed by atoms with Crippen molar-refractivity contribution in [2.24, 2.45) is 5.73 Å². The highest BCUT2D eigenvalue weighted by atomic mass is 32.2. The number of hydrogen-bond acceptors (Lipinski definition) is 5. The van der Waals surface area contributed by atoms with Crippen molar-refractivity contribution in [2.45, 2.75) is 11.8 Å². The van der Waals surface area contributed by atoms with Crippen LogP contribution < -0.4 is 10.5 Å². The second-order valence-corrected chi connectivity index (χ2v) is 6.77. The molecule has 0 unspecified atom stereocenters. The van der Waals surface area contributed by atoms with Crippen molar-refractivity contribution < 1.29 is 8.42 Å². The molecule has 19 heavy (non-hydrogen) atoms. The van der Waals surface area contributed by atoms with Gasteiger partial charge in [0.25, 0.3) is 10.0 Å². The monoisotopic (exact) mass is 313 g/mol. The number of aryl methyl sites for hydroxylation is 1. The fraction of sp³-hybridized carbons (Fsp3) is 0.0909. The quantitative estimate of drug-likeness (QED) is 0.842. The van der Waals surface area contributed by atoms with Gasteiger partial charge in [0.15, 0.2) is 5.13 Å². The normalized spacial score (nSPS) is 11.2. The number of nitrogens with one attached hydrogen (secondary N) is 1. The summed E-state index contributed by atoms with van der Waals surface area (Å²) in [7, 11) is -3.63. The Hall–Kier alpha value is -1.51. The lowest BCUT2D eigenvalue weighted by molar-refractivity contribution is 0.601. The molecule has 3 N–H and O–H groups in total. The van der Waals surface area contributed by atoms with E-state index < -0.39 is 10.0 Å². The molecular weight excluding hydrogens is 302 g/mol. The molecule has 1 aromatic heterocycles. The lowest BCUT2D eigenvalue weighted by atomic mass is 10.2. The lowest BCUT2D eigenvalue weighted by Crippen LogP contribution is -2.14. The van der Waals surface area contributed by atoms with Gasteiger partial charge in [-0.1, -0.05) is 24.4 Å². The number of thiocarbonyl (C=S) groups is 1. The van der Waals surface area contributed by atoms with Crippen LogP contribution in [0.3, 0.4) is 0 Å². The van der Waals surface area contributed by atoms with Crippen molar-refractivity contribution in [3.63, 3.8) is 0 Å². The third-order valence-corrected chi connectivity index (χ3v) is 4.89. The van der Waals surface area contributed by atoms with Crippen LogP contribution in [0.15, 0.2) is 34.5 Å². The minimum absolute atomic E-state index is 0.139. The standard InChI is InChI=1S/C11H11N3O2S3/c1-7-6-18-11(13-7)14-19(15,16)9-4-2-8(3-5-9)10(12)17/h2-6H,1H3,(H2,12,17)(H,13,14). The molecule has 1 aromatic carbocycles. The zero-order valence-electron chi connectivity index (χ0n) is 9.95. The molecule has 0 aliphatic carbocycles. The van der Waals surface area contributed by atoms with Crippen LogP contribution in [-0.2, 0) is 10.0 Å². The lowest BCUT2D eigenvalue weighted by Gasteiger charge is -2.05. The van der Waals surface area contributed by atoms with Crippen LogP contribution >= 0.6 is 23.6 Å². The first-order valence-corrected chi connectivity index (χ1v) is 8.00. The maximum absolute atomic E-state index is 12.1. The largest absolute Gasteiger partial charge is 0.389 e. The van der Waals surface area contributed by atoms with Crippen molar-refractivity contribution in [3.05, 3.63) is 40.9 Å². The highest BCUT2D eigenvalue weighted by Gasteiger charge is 2.15. The fourth-order valence-electron chi connectivity index (χ4n) is 1.37. The Morgan fingerprint density at radius 2 is 2.00 bits per heavy atom. The average molecular weight is 313 g/mol. The molecule has 8 heteroatoms. The molecule has 0 bridgehead atoms. The smallest absolute Gasteiger partial charge is 0.263 e. The van der Waals surface area contributed by atoms with Crippen molar-refractivity contribution in [1.29, 1.82) is 0 Å². The summed E-state index contributed by atoms with van der Waals surface area (Å²) in [5.74, 6) is 0. The summed E-state index contributed by atoms with van der Waals surface area (Å²) >= 11 is 6.05. The minimum atomic E-state index is -3.63. The first-order valence-electron chi connectivity index (χ1n) is 5.23. The van der Waals surface area contributed by atoms with Crippen LogP contribution in [0.4, 0.5) is 5.13 Å². The molecule has 5 nitrogen and oxygen atoms in total. The molecule has 0 amide bonds. The molecular formula is C11H11N3O2S3. The Labute approximate surface area is 120 Å². The van der Waals surface area contributed by atoms with Gasteiger partial charge in [-0.25, -0.2) is 13.4 Å². The van der Waals surface area contributed by atoms with E-state index in [1.807, 2.05) is 0 Å². The van der Waals surface area contributed by atoms with Crippen LogP contribution in [0.5, 0.6) is 0 Å². The second-order valence-electron chi connectivity index (χ2n) is 3.79. The Morgan fingerprint density at radius 1 is 1.37 bits per heavy atom. The molecule has 0 radical (unpaired) electrons. The third kappa shape index (κ3) is 3.28. The zero-order chi connectivity index (χ0) is 14.0. The Morgan fingerprint density at radius 3 is 2.47 bits per heavy atom. The van der Waals surface area contributed by atoms with E-state index in [1.54, 1.807) is 24.4 Å². The van der Waals surface area contributed by atoms with E-state index in [0.29, 0.717) is 10.7 Å². The molecule has 0 aliphatic rings. The van der Waals surface area contributed by atoms with E-state index in [-0.39, 0.29) is 9.88 Å². The average Bonchev–Trinajstić information content (AvgIpc) is 2.74. The van der Waals surface area contributed by atoms with Crippen molar-refractivity contribution in [1.82, 2.24) is 4.98 Å². The summed E-state index contributed by atoms with van der Waals surface area (Å²) in [4.78, 5) is 4.42. The van der Waals surface area contributed by atoms with Gasteiger partial charge in [0, 0.05) is 10.9 Å². The number of hydrogen-bond donors (Lipinski definition) is 2. The molecule has 0 fully saturated rings. The molecule has 0 saturated carbocycles. The number of aromatic nitrogens is 1. The van der Waals surface area contributed by atoms with Crippen LogP contribution in [0.25, 0.3) is 0 Å². The molecule has 2 aromatic rings. The predicted octanol–water partition coefficient (Wildman–Crippen LogP) is 1.89. The molecule has 0 atom stereocenters. The number of nitrogens with zero attached hydrogens (tertiary/aromatic N) is 1. The van der Waals surface area contributed by atoms with Crippen LogP contribution in [0.2, 0.25) is 0 Å². The highest BCUT2D eigenvalue weighted by molar-refractivity contribution is 7.93. The number of sulfonamides is 1. The summed E-state index contributed by atoms with van der Waals surface area (Å²) < 4.78 is 26.6. The summed E-state index contributed by atoms with van der Waals surface area (Å²) in [6.45, 7) is 1.80. The van der Waals surface area contributed by atoms with E-state index in [0.717, 1.165) is 5.69 Å². The first-order chi connectivity index (χ1) is 8.88. The van der Waals surface area contributed by atoms with Crippen LogP contribution in [0.1, 0.15) is 11.3 Å². The van der Waals surface area contributed by atoms with Gasteiger partial charge < -0.3 is 5.73 Å². The van der Waals surface area contributed by atoms with Gasteiger partial charge in [-0.3, -0.25) is 4.72 Å². The van der Waals surface area contributed by atoms with Gasteiger partial charge in [-0.15, -0.1) is 11.3 Å². The minimum Gasteiger partial charge on any atom is -0.389 e. The van der Waals surface area contributed by atoms with E-state index in [1.165, 1.54) is 23.5 Å². The van der Waals surface area contributed by atoms with Gasteiger partial charge in [0.05, 0.1) is 10.6 Å². The molecule has 2 rings (SSSR count). The molecule has 100 valence electrons. The van der Waals surface area contributed by atoms with Crippen molar-refractivity contribution in [3.8, 4) is 0 Å². The summed E-state index contributed by atoms with van der Waals surface area (Å²) in [6, 6.07) is 6.06. The maximum Gasteiger partial charge on any atom is 0.263 e. The van der Waals surface area contributed by atoms with Gasteiger partial charge in [-0.2, -0.15) is 0 Å². The zero-order valence-corrected chi connectivity index (χ0v) is 12.4. The van der Waals surface area contributed by atoms with Gasteiger partial charge in [-0.05, 0) is 19.1 Å². The third-order valence-electron chi connectivity index (χ3n) is 2.29. The van der Waals surface area contributed by atoms with E-state index in [2.05, 4.69) is 9.71 Å². The Bertz CT molecular complexity index is 705. The van der Waals surface area contributed by atoms with E-state index in [4.69, 9.17) is 18.0 Å². The Kier molecular flexibility index (Phi) is 3.83. The highest BCUT2D eigenvalue weighted by Crippen LogP contribution is 2.20. The van der Waals surface area contributed by atoms with Gasteiger partial charge >= 0.3 is 0 Å². The summed E-state index contributed by atoms with van der Waals surface area (Å²) in [5, 5.41) is 2.12. The number of anilines is 1. The second kappa shape index (κ2) is 5.24. The van der Waals surface area contributed by atoms with Crippen LogP contribution in [0, 0.1) is 6.92 Å². The summed E-state index contributed by atoms with van der Waals surface area (Å²) in [6.07, 6.45) is 0. The van der Waals surface area contributed by atoms with Gasteiger partial charge in [0.2, 0.25) is 0 Å². The molecule has 1 heterocycles. The van der Waals surface area contributed by atoms with E-state index in [9.17, 15) is 8.42 Å². The number of nitrogens with two attached hydrogens (primary N) is 1. The number of rotatable bonds is 4. The predicted molar refractivity (Wildman–Crippen MR) is 80.0 cm³/mol. The maximum atomic E-state index is 12.1. The van der Waals surface area contributed by atoms with Gasteiger partial charge in [0.1, 0.15) is 4.99 Å². The molecule has 0 aliphatic heterocycles. The summed E-state index contributed by atoms with van der Waals surface area (Å²) in [5.41, 5.74) is 6.85. The topological polar surface area (TPSA) is 85.1 Å². The van der Waals surface area contributed by atoms with Crippen molar-refractivity contribution in [2.75, 3.05) is 4.72 Å². The van der Waals surface area contributed by atoms with Crippen molar-refractivity contribution >= 4 is 43.7 Å². The number of benzene rings is 1. The van der Waals surface area contributed by atoms with E-state index >= 15 is 0 Å². The first kappa shape index (κ1) is 13.9. The molecule has 0 saturated heterocycles. The Balaban J connectivity index is 2.26. The fourth-order valence-corrected chi connectivity index (χ4v) is 3.45. The molecule has 0 spiro atoms.